The Morgan fingerprint density at radius 3 is 2.58 bits per heavy atom. The van der Waals surface area contributed by atoms with Gasteiger partial charge in [0.15, 0.2) is 0 Å². The second-order valence-electron chi connectivity index (χ2n) is 7.73. The molecule has 1 aliphatic rings. The smallest absolute Gasteiger partial charge is 0.273 e. The van der Waals surface area contributed by atoms with Crippen LogP contribution in [0.25, 0.3) is 11.3 Å². The van der Waals surface area contributed by atoms with Crippen molar-refractivity contribution in [2.75, 3.05) is 26.9 Å². The zero-order valence-corrected chi connectivity index (χ0v) is 18.2. The number of ether oxygens (including phenoxy) is 2. The number of phenolic OH excluding ortho intramolecular Hbond substituents is 1. The number of benzene rings is 2. The topological polar surface area (TPSA) is 87.7 Å². The number of hydrogen-bond donors (Lipinski definition) is 2. The van der Waals surface area contributed by atoms with Crippen LogP contribution in [0.1, 0.15) is 45.7 Å². The average Bonchev–Trinajstić information content (AvgIpc) is 3.26. The summed E-state index contributed by atoms with van der Waals surface area (Å²) in [5, 5.41) is 18.1. The monoisotopic (exact) mass is 421 g/mol. The van der Waals surface area contributed by atoms with E-state index in [1.807, 2.05) is 51.1 Å². The third-order valence-corrected chi connectivity index (χ3v) is 5.60. The Bertz CT molecular complexity index is 1080. The molecule has 1 aromatic heterocycles. The van der Waals surface area contributed by atoms with E-state index < -0.39 is 0 Å². The molecule has 162 valence electrons. The number of aryl methyl sites for hydroxylation is 2. The molecule has 0 spiro atoms. The molecule has 0 saturated carbocycles. The van der Waals surface area contributed by atoms with Crippen LogP contribution in [0.3, 0.4) is 0 Å². The predicted molar refractivity (Wildman–Crippen MR) is 118 cm³/mol. The largest absolute Gasteiger partial charge is 0.507 e. The molecule has 0 radical (unpaired) electrons. The Morgan fingerprint density at radius 2 is 1.94 bits per heavy atom. The second kappa shape index (κ2) is 8.43. The van der Waals surface area contributed by atoms with Gasteiger partial charge < -0.3 is 19.5 Å². The van der Waals surface area contributed by atoms with Crippen molar-refractivity contribution in [3.8, 4) is 22.8 Å². The van der Waals surface area contributed by atoms with Gasteiger partial charge in [0.1, 0.15) is 22.9 Å². The number of carbonyl (C=O) groups is 1. The molecule has 0 fully saturated rings. The lowest BCUT2D eigenvalue weighted by atomic mass is 9.93. The minimum atomic E-state index is -0.345. The van der Waals surface area contributed by atoms with E-state index in [2.05, 4.69) is 10.2 Å². The molecule has 0 aliphatic carbocycles. The Hall–Kier alpha value is -3.32. The zero-order chi connectivity index (χ0) is 22.1. The number of aromatic hydroxyl groups is 1. The molecule has 0 saturated heterocycles. The summed E-state index contributed by atoms with van der Waals surface area (Å²) < 4.78 is 10.8. The van der Waals surface area contributed by atoms with E-state index in [0.29, 0.717) is 36.7 Å². The molecule has 3 aromatic rings. The van der Waals surface area contributed by atoms with Crippen molar-refractivity contribution < 1.29 is 19.4 Å². The van der Waals surface area contributed by atoms with Gasteiger partial charge in [-0.25, -0.2) is 0 Å². The van der Waals surface area contributed by atoms with Crippen LogP contribution in [0.4, 0.5) is 0 Å². The van der Waals surface area contributed by atoms with Gasteiger partial charge in [0, 0.05) is 24.8 Å². The van der Waals surface area contributed by atoms with Crippen LogP contribution < -0.4 is 4.74 Å². The molecule has 4 rings (SSSR count). The highest BCUT2D eigenvalue weighted by molar-refractivity contribution is 6.00. The van der Waals surface area contributed by atoms with E-state index in [-0.39, 0.29) is 17.7 Å². The third-order valence-electron chi connectivity index (χ3n) is 5.60. The molecular weight excluding hydrogens is 394 g/mol. The van der Waals surface area contributed by atoms with Crippen molar-refractivity contribution >= 4 is 5.91 Å². The summed E-state index contributed by atoms with van der Waals surface area (Å²) in [7, 11) is 1.62. The van der Waals surface area contributed by atoms with Crippen molar-refractivity contribution in [1.29, 1.82) is 0 Å². The van der Waals surface area contributed by atoms with E-state index in [1.54, 1.807) is 18.1 Å². The van der Waals surface area contributed by atoms with Gasteiger partial charge in [-0.15, -0.1) is 0 Å². The first-order chi connectivity index (χ1) is 15.0. The Kier molecular flexibility index (Phi) is 5.69. The molecule has 7 nitrogen and oxygen atoms in total. The van der Waals surface area contributed by atoms with E-state index in [4.69, 9.17) is 9.47 Å². The fourth-order valence-corrected chi connectivity index (χ4v) is 4.32. The van der Waals surface area contributed by atoms with Crippen LogP contribution >= 0.6 is 0 Å². The molecule has 31 heavy (non-hydrogen) atoms. The average molecular weight is 421 g/mol. The summed E-state index contributed by atoms with van der Waals surface area (Å²) in [5.74, 6) is 0.799. The van der Waals surface area contributed by atoms with Crippen molar-refractivity contribution in [3.63, 3.8) is 0 Å². The molecule has 1 amide bonds. The SMILES string of the molecule is CCOc1ccc(C2c3c(-c4c(C)cc(C)cc4O)n[nH]c3C(=O)N2CCOC)cc1. The predicted octanol–water partition coefficient (Wildman–Crippen LogP) is 3.99. The van der Waals surface area contributed by atoms with Gasteiger partial charge in [-0.3, -0.25) is 9.89 Å². The molecule has 2 aromatic carbocycles. The van der Waals surface area contributed by atoms with Crippen molar-refractivity contribution in [2.24, 2.45) is 0 Å². The van der Waals surface area contributed by atoms with Crippen molar-refractivity contribution in [1.82, 2.24) is 15.1 Å². The fraction of sp³-hybridized carbons (Fsp3) is 0.333. The molecule has 7 heteroatoms. The van der Waals surface area contributed by atoms with Gasteiger partial charge in [0.05, 0.1) is 19.3 Å². The van der Waals surface area contributed by atoms with E-state index >= 15 is 0 Å². The second-order valence-corrected chi connectivity index (χ2v) is 7.73. The summed E-state index contributed by atoms with van der Waals surface area (Å²) in [6.07, 6.45) is 0. The van der Waals surface area contributed by atoms with Gasteiger partial charge in [0.25, 0.3) is 5.91 Å². The number of H-pyrrole nitrogens is 1. The lowest BCUT2D eigenvalue weighted by Crippen LogP contribution is -2.32. The van der Waals surface area contributed by atoms with E-state index in [0.717, 1.165) is 28.0 Å². The van der Waals surface area contributed by atoms with Crippen molar-refractivity contribution in [2.45, 2.75) is 26.8 Å². The number of carbonyl (C=O) groups excluding carboxylic acids is 1. The number of nitrogens with one attached hydrogen (secondary N) is 1. The number of methoxy groups -OCH3 is 1. The minimum Gasteiger partial charge on any atom is -0.507 e. The maximum atomic E-state index is 13.2. The van der Waals surface area contributed by atoms with Crippen LogP contribution in [-0.4, -0.2) is 53.0 Å². The van der Waals surface area contributed by atoms with E-state index in [1.165, 1.54) is 0 Å². The summed E-state index contributed by atoms with van der Waals surface area (Å²) in [5.41, 5.74) is 5.26. The van der Waals surface area contributed by atoms with Gasteiger partial charge in [-0.05, 0) is 55.7 Å². The minimum absolute atomic E-state index is 0.131. The van der Waals surface area contributed by atoms with Crippen LogP contribution in [0.15, 0.2) is 36.4 Å². The number of fused-ring (bicyclic) bond motifs is 1. The van der Waals surface area contributed by atoms with Gasteiger partial charge in [-0.1, -0.05) is 18.2 Å². The molecule has 1 atom stereocenters. The number of phenols is 1. The van der Waals surface area contributed by atoms with Crippen molar-refractivity contribution in [3.05, 3.63) is 64.3 Å². The number of aromatic nitrogens is 2. The highest BCUT2D eigenvalue weighted by Crippen LogP contribution is 2.45. The maximum Gasteiger partial charge on any atom is 0.273 e. The molecule has 1 unspecified atom stereocenters. The molecule has 1 aliphatic heterocycles. The molecule has 2 N–H and O–H groups in total. The summed E-state index contributed by atoms with van der Waals surface area (Å²) in [6.45, 7) is 7.26. The maximum absolute atomic E-state index is 13.2. The third kappa shape index (κ3) is 3.65. The van der Waals surface area contributed by atoms with Crippen LogP contribution in [0.2, 0.25) is 0 Å². The molecular formula is C24H27N3O4. The van der Waals surface area contributed by atoms with E-state index in [9.17, 15) is 9.90 Å². The standard InChI is InChI=1S/C24H27N3O4/c1-5-31-17-8-6-16(7-9-17)23-20-21(19-15(3)12-14(2)13-18(19)28)25-26-22(20)24(29)27(23)10-11-30-4/h6-9,12-13,23,28H,5,10-11H2,1-4H3,(H,25,26). The lowest BCUT2D eigenvalue weighted by molar-refractivity contribution is 0.0677. The van der Waals surface area contributed by atoms with Crippen LogP contribution in [-0.2, 0) is 4.74 Å². The normalized spacial score (nSPS) is 15.4. The van der Waals surface area contributed by atoms with Crippen LogP contribution in [0.5, 0.6) is 11.5 Å². The first kappa shape index (κ1) is 20.9. The first-order valence-corrected chi connectivity index (χ1v) is 10.4. The molecule has 0 bridgehead atoms. The van der Waals surface area contributed by atoms with Gasteiger partial charge in [0.2, 0.25) is 0 Å². The Balaban J connectivity index is 1.86. The fourth-order valence-electron chi connectivity index (χ4n) is 4.32. The quantitative estimate of drug-likeness (QED) is 0.602. The number of rotatable bonds is 7. The Morgan fingerprint density at radius 1 is 1.19 bits per heavy atom. The summed E-state index contributed by atoms with van der Waals surface area (Å²) in [6, 6.07) is 11.1. The Labute approximate surface area is 181 Å². The zero-order valence-electron chi connectivity index (χ0n) is 18.2. The number of aromatic amines is 1. The first-order valence-electron chi connectivity index (χ1n) is 10.4. The highest BCUT2D eigenvalue weighted by atomic mass is 16.5. The number of amides is 1. The van der Waals surface area contributed by atoms with Gasteiger partial charge >= 0.3 is 0 Å². The highest BCUT2D eigenvalue weighted by Gasteiger charge is 2.42. The summed E-state index contributed by atoms with van der Waals surface area (Å²) >= 11 is 0. The number of hydrogen-bond acceptors (Lipinski definition) is 5. The van der Waals surface area contributed by atoms with Crippen LogP contribution in [0, 0.1) is 13.8 Å². The number of nitrogens with zero attached hydrogens (tertiary/aromatic N) is 2. The molecule has 2 heterocycles. The van der Waals surface area contributed by atoms with Gasteiger partial charge in [-0.2, -0.15) is 5.10 Å². The lowest BCUT2D eigenvalue weighted by Gasteiger charge is -2.26. The summed E-state index contributed by atoms with van der Waals surface area (Å²) in [4.78, 5) is 15.0.